The van der Waals surface area contributed by atoms with Crippen molar-refractivity contribution in [2.75, 3.05) is 11.5 Å². The van der Waals surface area contributed by atoms with E-state index in [1.807, 2.05) is 32.0 Å². The van der Waals surface area contributed by atoms with Gasteiger partial charge in [-0.1, -0.05) is 71.1 Å². The van der Waals surface area contributed by atoms with E-state index in [0.29, 0.717) is 45.0 Å². The lowest BCUT2D eigenvalue weighted by atomic mass is 9.96. The van der Waals surface area contributed by atoms with E-state index in [4.69, 9.17) is 4.74 Å². The monoisotopic (exact) mass is 597 g/mol. The van der Waals surface area contributed by atoms with Gasteiger partial charge in [0.1, 0.15) is 17.1 Å². The van der Waals surface area contributed by atoms with Gasteiger partial charge in [-0.2, -0.15) is 0 Å². The molecule has 11 heteroatoms. The molecule has 1 unspecified atom stereocenters. The molecule has 2 aromatic carbocycles. The number of ether oxygens (including phenoxy) is 1. The fraction of sp³-hybridized carbons (Fsp3) is 0.194. The summed E-state index contributed by atoms with van der Waals surface area (Å²) in [6, 6.07) is 19.9. The Morgan fingerprint density at radius 1 is 1.02 bits per heavy atom. The van der Waals surface area contributed by atoms with Gasteiger partial charge in [0.25, 0.3) is 5.78 Å². The van der Waals surface area contributed by atoms with Crippen molar-refractivity contribution in [3.05, 3.63) is 107 Å². The van der Waals surface area contributed by atoms with E-state index in [1.54, 1.807) is 41.8 Å². The number of benzene rings is 2. The first-order valence-electron chi connectivity index (χ1n) is 13.4. The number of hydrogen-bond donors (Lipinski definition) is 1. The number of anilines is 1. The van der Waals surface area contributed by atoms with E-state index in [9.17, 15) is 14.7 Å². The summed E-state index contributed by atoms with van der Waals surface area (Å²) in [6.07, 6.45) is 1.76. The summed E-state index contributed by atoms with van der Waals surface area (Å²) in [5.41, 5.74) is 4.40. The number of aliphatic hydroxyl groups is 1. The number of amides is 1. The number of ketones is 1. The van der Waals surface area contributed by atoms with Gasteiger partial charge in [0.05, 0.1) is 23.9 Å². The number of fused-ring (bicyclic) bond motifs is 1. The summed E-state index contributed by atoms with van der Waals surface area (Å²) >= 11 is 2.74. The average Bonchev–Trinajstić information content (AvgIpc) is 3.66. The van der Waals surface area contributed by atoms with E-state index >= 15 is 0 Å². The molecule has 1 saturated heterocycles. The molecule has 1 amide bonds. The Balaban J connectivity index is 1.43. The van der Waals surface area contributed by atoms with Crippen LogP contribution in [0.4, 0.5) is 5.13 Å². The highest BCUT2D eigenvalue weighted by atomic mass is 32.2. The van der Waals surface area contributed by atoms with Crippen molar-refractivity contribution >= 4 is 51.3 Å². The number of hydrogen-bond acceptors (Lipinski definition) is 9. The SMILES string of the molecule is CCOc1ccc(C2C(=C(O)c3c(C)nc4ccccn34)C(=O)C(=O)N2c2nnc(SCc3ccc(C)cc3)s2)cc1. The molecule has 1 N–H and O–H groups in total. The molecule has 5 aromatic rings. The summed E-state index contributed by atoms with van der Waals surface area (Å²) < 4.78 is 7.97. The molecular formula is C31H27N5O4S2. The Labute approximate surface area is 250 Å². The van der Waals surface area contributed by atoms with Crippen molar-refractivity contribution < 1.29 is 19.4 Å². The Morgan fingerprint density at radius 3 is 2.52 bits per heavy atom. The van der Waals surface area contributed by atoms with Crippen molar-refractivity contribution in [3.63, 3.8) is 0 Å². The standard InChI is InChI=1S/C31H27N5O4S2/c1-4-40-22-14-12-21(13-15-22)26-24(27(37)25-19(3)32-23-7-5-6-16-35(23)25)28(38)29(39)36(26)30-33-34-31(42-30)41-17-20-10-8-18(2)9-11-20/h5-16,26,37H,4,17H2,1-3H3. The van der Waals surface area contributed by atoms with Crippen LogP contribution in [0.5, 0.6) is 5.75 Å². The minimum absolute atomic E-state index is 0.0398. The van der Waals surface area contributed by atoms with Gasteiger partial charge in [0.2, 0.25) is 5.13 Å². The number of aliphatic hydroxyl groups excluding tert-OH is 1. The zero-order chi connectivity index (χ0) is 29.4. The van der Waals surface area contributed by atoms with Crippen LogP contribution in [0.3, 0.4) is 0 Å². The van der Waals surface area contributed by atoms with Crippen LogP contribution in [-0.4, -0.2) is 43.0 Å². The van der Waals surface area contributed by atoms with E-state index in [1.165, 1.54) is 33.6 Å². The van der Waals surface area contributed by atoms with Crippen molar-refractivity contribution in [2.45, 2.75) is 36.9 Å². The summed E-state index contributed by atoms with van der Waals surface area (Å²) in [5, 5.41) is 20.6. The van der Waals surface area contributed by atoms with E-state index in [2.05, 4.69) is 39.4 Å². The van der Waals surface area contributed by atoms with Crippen LogP contribution in [0, 0.1) is 13.8 Å². The molecule has 0 saturated carbocycles. The van der Waals surface area contributed by atoms with Gasteiger partial charge in [-0.15, -0.1) is 10.2 Å². The van der Waals surface area contributed by atoms with Crippen molar-refractivity contribution in [3.8, 4) is 5.75 Å². The fourth-order valence-corrected chi connectivity index (χ4v) is 6.80. The molecule has 6 rings (SSSR count). The maximum Gasteiger partial charge on any atom is 0.301 e. The molecule has 4 heterocycles. The van der Waals surface area contributed by atoms with Crippen LogP contribution in [-0.2, 0) is 15.3 Å². The molecule has 9 nitrogen and oxygen atoms in total. The molecule has 0 radical (unpaired) electrons. The molecule has 0 aliphatic carbocycles. The molecule has 1 aliphatic heterocycles. The first kappa shape index (κ1) is 27.7. The summed E-state index contributed by atoms with van der Waals surface area (Å²) in [5.74, 6) is -0.552. The number of rotatable bonds is 8. The molecule has 0 bridgehead atoms. The quantitative estimate of drug-likeness (QED) is 0.0749. The lowest BCUT2D eigenvalue weighted by Crippen LogP contribution is -2.29. The maximum absolute atomic E-state index is 13.7. The summed E-state index contributed by atoms with van der Waals surface area (Å²) in [6.45, 7) is 6.19. The Morgan fingerprint density at radius 2 is 1.79 bits per heavy atom. The number of aromatic nitrogens is 4. The number of carbonyl (C=O) groups is 2. The van der Waals surface area contributed by atoms with E-state index in [0.717, 1.165) is 5.56 Å². The average molecular weight is 598 g/mol. The highest BCUT2D eigenvalue weighted by Gasteiger charge is 2.49. The van der Waals surface area contributed by atoms with E-state index in [-0.39, 0.29) is 16.5 Å². The third-order valence-electron chi connectivity index (χ3n) is 6.96. The number of aryl methyl sites for hydroxylation is 2. The second-order valence-corrected chi connectivity index (χ2v) is 11.9. The van der Waals surface area contributed by atoms with Gasteiger partial charge in [0, 0.05) is 11.9 Å². The Hall–Kier alpha value is -4.48. The van der Waals surface area contributed by atoms with Gasteiger partial charge < -0.3 is 9.84 Å². The molecule has 42 heavy (non-hydrogen) atoms. The fourth-order valence-electron chi connectivity index (χ4n) is 4.97. The third-order valence-corrected chi connectivity index (χ3v) is 9.09. The van der Waals surface area contributed by atoms with Crippen LogP contribution in [0.1, 0.15) is 41.0 Å². The maximum atomic E-state index is 13.7. The van der Waals surface area contributed by atoms with Crippen LogP contribution < -0.4 is 9.64 Å². The smallest absolute Gasteiger partial charge is 0.301 e. The topological polar surface area (TPSA) is 110 Å². The number of pyridine rings is 1. The zero-order valence-corrected chi connectivity index (χ0v) is 24.8. The van der Waals surface area contributed by atoms with Crippen molar-refractivity contribution in [1.82, 2.24) is 19.6 Å². The van der Waals surface area contributed by atoms with Crippen LogP contribution >= 0.6 is 23.1 Å². The number of imidazole rings is 1. The predicted molar refractivity (Wildman–Crippen MR) is 163 cm³/mol. The summed E-state index contributed by atoms with van der Waals surface area (Å²) in [4.78, 5) is 33.1. The zero-order valence-electron chi connectivity index (χ0n) is 23.1. The lowest BCUT2D eigenvalue weighted by molar-refractivity contribution is -0.132. The number of nitrogens with zero attached hydrogens (tertiary/aromatic N) is 5. The van der Waals surface area contributed by atoms with Gasteiger partial charge in [-0.25, -0.2) is 4.98 Å². The van der Waals surface area contributed by atoms with Gasteiger partial charge >= 0.3 is 5.91 Å². The second kappa shape index (κ2) is 11.4. The number of Topliss-reactive ketones (excluding diaryl/α,β-unsaturated/α-hetero) is 1. The number of thioether (sulfide) groups is 1. The Kier molecular flexibility index (Phi) is 7.53. The van der Waals surface area contributed by atoms with Gasteiger partial charge in [-0.3, -0.25) is 18.9 Å². The van der Waals surface area contributed by atoms with E-state index < -0.39 is 17.7 Å². The normalized spacial score (nSPS) is 16.5. The first-order valence-corrected chi connectivity index (χ1v) is 15.2. The summed E-state index contributed by atoms with van der Waals surface area (Å²) in [7, 11) is 0. The largest absolute Gasteiger partial charge is 0.505 e. The third kappa shape index (κ3) is 5.05. The lowest BCUT2D eigenvalue weighted by Gasteiger charge is -2.22. The molecule has 1 atom stereocenters. The highest BCUT2D eigenvalue weighted by Crippen LogP contribution is 2.44. The predicted octanol–water partition coefficient (Wildman–Crippen LogP) is 6.12. The number of carbonyl (C=O) groups excluding carboxylic acids is 2. The molecular weight excluding hydrogens is 571 g/mol. The van der Waals surface area contributed by atoms with Crippen molar-refractivity contribution in [2.24, 2.45) is 0 Å². The van der Waals surface area contributed by atoms with Crippen molar-refractivity contribution in [1.29, 1.82) is 0 Å². The van der Waals surface area contributed by atoms with Gasteiger partial charge in [-0.05, 0) is 56.2 Å². The second-order valence-electron chi connectivity index (χ2n) is 9.77. The van der Waals surface area contributed by atoms with Gasteiger partial charge in [0.15, 0.2) is 10.1 Å². The molecule has 212 valence electrons. The highest BCUT2D eigenvalue weighted by molar-refractivity contribution is 8.00. The minimum Gasteiger partial charge on any atom is -0.505 e. The molecule has 1 fully saturated rings. The molecule has 1 aliphatic rings. The van der Waals surface area contributed by atoms with Crippen LogP contribution in [0.15, 0.2) is 82.8 Å². The van der Waals surface area contributed by atoms with Crippen LogP contribution in [0.2, 0.25) is 0 Å². The van der Waals surface area contributed by atoms with Crippen LogP contribution in [0.25, 0.3) is 11.4 Å². The Bertz CT molecular complexity index is 1830. The minimum atomic E-state index is -0.933. The first-order chi connectivity index (χ1) is 20.4. The molecule has 3 aromatic heterocycles. The molecule has 0 spiro atoms.